The summed E-state index contributed by atoms with van der Waals surface area (Å²) in [6.45, 7) is 2.04. The molecule has 1 aliphatic heterocycles. The molecule has 0 amide bonds. The van der Waals surface area contributed by atoms with E-state index in [9.17, 15) is 15.3 Å². The third-order valence-corrected chi connectivity index (χ3v) is 2.40. The van der Waals surface area contributed by atoms with Crippen molar-refractivity contribution >= 4 is 0 Å². The largest absolute Gasteiger partial charge is 0.394 e. The minimum absolute atomic E-state index is 0.460. The van der Waals surface area contributed by atoms with Gasteiger partial charge in [0.2, 0.25) is 6.29 Å². The van der Waals surface area contributed by atoms with Gasteiger partial charge >= 0.3 is 0 Å². The summed E-state index contributed by atoms with van der Waals surface area (Å²) in [6, 6.07) is 0. The van der Waals surface area contributed by atoms with Gasteiger partial charge in [0, 0.05) is 6.54 Å². The molecule has 1 rings (SSSR count). The predicted octanol–water partition coefficient (Wildman–Crippen LogP) is -2.28. The van der Waals surface area contributed by atoms with Gasteiger partial charge in [-0.3, -0.25) is 4.84 Å². The average Bonchev–Trinajstić information content (AvgIpc) is 2.29. The van der Waals surface area contributed by atoms with Gasteiger partial charge in [-0.25, -0.2) is 0 Å². The van der Waals surface area contributed by atoms with Crippen LogP contribution < -0.4 is 5.48 Å². The first-order chi connectivity index (χ1) is 7.61. The summed E-state index contributed by atoms with van der Waals surface area (Å²) in [5.41, 5.74) is 2.56. The fraction of sp³-hybridized carbons (Fsp3) is 1.00. The van der Waals surface area contributed by atoms with E-state index in [1.165, 1.54) is 0 Å². The van der Waals surface area contributed by atoms with Crippen LogP contribution in [0.25, 0.3) is 0 Å². The molecule has 0 aliphatic carbocycles. The van der Waals surface area contributed by atoms with Crippen LogP contribution in [0.5, 0.6) is 0 Å². The van der Waals surface area contributed by atoms with Gasteiger partial charge in [-0.2, -0.15) is 5.48 Å². The molecule has 0 aromatic carbocycles. The fourth-order valence-corrected chi connectivity index (χ4v) is 1.41. The summed E-state index contributed by atoms with van der Waals surface area (Å²) < 4.78 is 5.08. The summed E-state index contributed by atoms with van der Waals surface area (Å²) in [5.74, 6) is 0. The molecule has 0 bridgehead atoms. The third-order valence-electron chi connectivity index (χ3n) is 2.40. The number of hydrogen-bond donors (Lipinski definition) is 5. The van der Waals surface area contributed by atoms with Crippen molar-refractivity contribution in [2.24, 2.45) is 0 Å². The van der Waals surface area contributed by atoms with Gasteiger partial charge in [-0.1, -0.05) is 6.92 Å². The van der Waals surface area contributed by atoms with E-state index in [4.69, 9.17) is 14.7 Å². The van der Waals surface area contributed by atoms with Gasteiger partial charge < -0.3 is 25.2 Å². The molecule has 5 atom stereocenters. The fourth-order valence-electron chi connectivity index (χ4n) is 1.41. The van der Waals surface area contributed by atoms with Crippen LogP contribution in [0.2, 0.25) is 0 Å². The second-order valence-electron chi connectivity index (χ2n) is 3.71. The highest BCUT2D eigenvalue weighted by Crippen LogP contribution is 2.21. The summed E-state index contributed by atoms with van der Waals surface area (Å²) in [6.07, 6.45) is -5.33. The Bertz CT molecular complexity index is 202. The van der Waals surface area contributed by atoms with Crippen LogP contribution in [0, 0.1) is 0 Å². The quantitative estimate of drug-likeness (QED) is 0.270. The second-order valence-corrected chi connectivity index (χ2v) is 3.71. The highest BCUT2D eigenvalue weighted by molar-refractivity contribution is 4.88. The highest BCUT2D eigenvalue weighted by atomic mass is 16.8. The molecule has 7 heteroatoms. The Labute approximate surface area is 93.6 Å². The van der Waals surface area contributed by atoms with Gasteiger partial charge in [0.05, 0.1) is 6.61 Å². The van der Waals surface area contributed by atoms with Crippen molar-refractivity contribution in [2.45, 2.75) is 44.1 Å². The maximum atomic E-state index is 9.54. The number of hydrogen-bond acceptors (Lipinski definition) is 7. The molecule has 1 aliphatic rings. The van der Waals surface area contributed by atoms with E-state index in [0.29, 0.717) is 6.54 Å². The molecule has 1 saturated heterocycles. The van der Waals surface area contributed by atoms with Crippen molar-refractivity contribution in [1.82, 2.24) is 5.48 Å². The Balaban J connectivity index is 2.50. The van der Waals surface area contributed by atoms with Crippen LogP contribution in [0.3, 0.4) is 0 Å². The molecule has 1 fully saturated rings. The molecule has 0 spiro atoms. The molecule has 0 saturated carbocycles. The van der Waals surface area contributed by atoms with Crippen LogP contribution in [0.4, 0.5) is 0 Å². The smallest absolute Gasteiger partial charge is 0.206 e. The number of nitrogens with one attached hydrogen (secondary N) is 1. The monoisotopic (exact) mass is 237 g/mol. The zero-order valence-electron chi connectivity index (χ0n) is 9.11. The van der Waals surface area contributed by atoms with E-state index in [-0.39, 0.29) is 0 Å². The van der Waals surface area contributed by atoms with Gasteiger partial charge in [0.25, 0.3) is 0 Å². The molecule has 16 heavy (non-hydrogen) atoms. The summed E-state index contributed by atoms with van der Waals surface area (Å²) in [5, 5.41) is 37.3. The van der Waals surface area contributed by atoms with Crippen molar-refractivity contribution in [3.05, 3.63) is 0 Å². The molecule has 5 N–H and O–H groups in total. The van der Waals surface area contributed by atoms with E-state index >= 15 is 0 Å². The Kier molecular flexibility index (Phi) is 5.56. The van der Waals surface area contributed by atoms with E-state index in [1.807, 2.05) is 6.92 Å². The lowest BCUT2D eigenvalue weighted by molar-refractivity contribution is -0.315. The van der Waals surface area contributed by atoms with Crippen LogP contribution in [0.1, 0.15) is 13.3 Å². The number of aliphatic hydroxyl groups is 4. The molecule has 1 heterocycles. The Hall–Kier alpha value is -0.280. The number of ether oxygens (including phenoxy) is 1. The molecule has 0 aromatic rings. The van der Waals surface area contributed by atoms with E-state index < -0.39 is 37.3 Å². The van der Waals surface area contributed by atoms with Gasteiger partial charge in [-0.15, -0.1) is 0 Å². The van der Waals surface area contributed by atoms with Crippen LogP contribution in [-0.4, -0.2) is 64.3 Å². The third kappa shape index (κ3) is 3.11. The number of rotatable bonds is 5. The molecule has 96 valence electrons. The van der Waals surface area contributed by atoms with Crippen molar-refractivity contribution in [3.8, 4) is 0 Å². The standard InChI is InChI=1S/C9H19NO6/c1-2-3-10-16-9-8(14)7(13)6(12)5(4-11)15-9/h5-14H,2-4H2,1H3/t5?,6-,7?,8?,9-/m1/s1. The normalized spacial score (nSPS) is 39.9. The summed E-state index contributed by atoms with van der Waals surface area (Å²) >= 11 is 0. The molecular formula is C9H19NO6. The van der Waals surface area contributed by atoms with Crippen molar-refractivity contribution in [1.29, 1.82) is 0 Å². The highest BCUT2D eigenvalue weighted by Gasteiger charge is 2.44. The van der Waals surface area contributed by atoms with E-state index in [0.717, 1.165) is 6.42 Å². The molecule has 0 aromatic heterocycles. The Morgan fingerprint density at radius 1 is 1.19 bits per heavy atom. The lowest BCUT2D eigenvalue weighted by Crippen LogP contribution is -2.60. The lowest BCUT2D eigenvalue weighted by Gasteiger charge is -2.39. The minimum Gasteiger partial charge on any atom is -0.394 e. The molecule has 7 nitrogen and oxygen atoms in total. The first-order valence-electron chi connectivity index (χ1n) is 5.30. The van der Waals surface area contributed by atoms with E-state index in [2.05, 4.69) is 5.48 Å². The molecular weight excluding hydrogens is 218 g/mol. The van der Waals surface area contributed by atoms with Gasteiger partial charge in [0.1, 0.15) is 24.4 Å². The zero-order valence-corrected chi connectivity index (χ0v) is 9.11. The number of hydroxylamine groups is 1. The Morgan fingerprint density at radius 2 is 1.88 bits per heavy atom. The first kappa shape index (κ1) is 13.8. The molecule has 3 unspecified atom stereocenters. The zero-order chi connectivity index (χ0) is 12.1. The van der Waals surface area contributed by atoms with Crippen molar-refractivity contribution in [3.63, 3.8) is 0 Å². The molecule has 0 radical (unpaired) electrons. The first-order valence-corrected chi connectivity index (χ1v) is 5.30. The SMILES string of the molecule is CCCNO[C@H]1OC(CO)[C@@H](O)C(O)C1O. The Morgan fingerprint density at radius 3 is 2.44 bits per heavy atom. The minimum atomic E-state index is -1.40. The number of aliphatic hydroxyl groups excluding tert-OH is 4. The summed E-state index contributed by atoms with van der Waals surface area (Å²) in [7, 11) is 0. The maximum Gasteiger partial charge on any atom is 0.206 e. The lowest BCUT2D eigenvalue weighted by atomic mass is 9.99. The predicted molar refractivity (Wildman–Crippen MR) is 53.1 cm³/mol. The van der Waals surface area contributed by atoms with Crippen LogP contribution in [0.15, 0.2) is 0 Å². The topological polar surface area (TPSA) is 111 Å². The van der Waals surface area contributed by atoms with Crippen LogP contribution in [-0.2, 0) is 9.57 Å². The summed E-state index contributed by atoms with van der Waals surface area (Å²) in [4.78, 5) is 4.98. The van der Waals surface area contributed by atoms with E-state index in [1.54, 1.807) is 0 Å². The van der Waals surface area contributed by atoms with Crippen molar-refractivity contribution in [2.75, 3.05) is 13.2 Å². The second kappa shape index (κ2) is 6.45. The van der Waals surface area contributed by atoms with Crippen molar-refractivity contribution < 1.29 is 30.0 Å². The van der Waals surface area contributed by atoms with Gasteiger partial charge in [0.15, 0.2) is 0 Å². The average molecular weight is 237 g/mol. The van der Waals surface area contributed by atoms with Gasteiger partial charge in [-0.05, 0) is 6.42 Å². The van der Waals surface area contributed by atoms with Crippen LogP contribution >= 0.6 is 0 Å². The maximum absolute atomic E-state index is 9.54.